The summed E-state index contributed by atoms with van der Waals surface area (Å²) in [7, 11) is 0. The van der Waals surface area contributed by atoms with Crippen molar-refractivity contribution in [3.8, 4) is 6.07 Å². The molecule has 8 heteroatoms. The summed E-state index contributed by atoms with van der Waals surface area (Å²) < 4.78 is 5.02. The van der Waals surface area contributed by atoms with Crippen molar-refractivity contribution in [3.05, 3.63) is 29.8 Å². The lowest BCUT2D eigenvalue weighted by molar-refractivity contribution is -0.159. The molecular weight excluding hydrogens is 374 g/mol. The third kappa shape index (κ3) is 4.45. The highest BCUT2D eigenvalue weighted by Crippen LogP contribution is 2.38. The number of imide groups is 1. The van der Waals surface area contributed by atoms with E-state index in [-0.39, 0.29) is 30.1 Å². The van der Waals surface area contributed by atoms with Gasteiger partial charge in [-0.05, 0) is 37.5 Å². The number of anilines is 1. The molecule has 3 rings (SSSR count). The van der Waals surface area contributed by atoms with E-state index >= 15 is 0 Å². The Balaban J connectivity index is 1.52. The van der Waals surface area contributed by atoms with Gasteiger partial charge in [-0.25, -0.2) is 4.79 Å². The van der Waals surface area contributed by atoms with E-state index in [0.717, 1.165) is 23.3 Å². The second kappa shape index (κ2) is 8.86. The van der Waals surface area contributed by atoms with Crippen LogP contribution < -0.4 is 5.32 Å². The average molecular weight is 397 g/mol. The first-order valence-electron chi connectivity index (χ1n) is 9.71. The van der Waals surface area contributed by atoms with Gasteiger partial charge in [0, 0.05) is 5.69 Å². The fraction of sp³-hybridized carbons (Fsp3) is 0.476. The highest BCUT2D eigenvalue weighted by Gasteiger charge is 2.51. The smallest absolute Gasteiger partial charge is 0.329 e. The van der Waals surface area contributed by atoms with E-state index in [2.05, 4.69) is 5.32 Å². The first-order valence-corrected chi connectivity index (χ1v) is 9.71. The van der Waals surface area contributed by atoms with Crippen LogP contribution in [0.1, 0.15) is 38.2 Å². The molecule has 8 nitrogen and oxygen atoms in total. The molecule has 3 amide bonds. The molecule has 1 N–H and O–H groups in total. The van der Waals surface area contributed by atoms with Crippen molar-refractivity contribution in [1.82, 2.24) is 4.90 Å². The third-order valence-corrected chi connectivity index (χ3v) is 5.47. The molecule has 1 aliphatic carbocycles. The summed E-state index contributed by atoms with van der Waals surface area (Å²) in [5.74, 6) is -2.62. The lowest BCUT2D eigenvalue weighted by Gasteiger charge is -2.21. The second-order valence-corrected chi connectivity index (χ2v) is 7.41. The van der Waals surface area contributed by atoms with Gasteiger partial charge in [-0.3, -0.25) is 19.3 Å². The topological polar surface area (TPSA) is 117 Å². The van der Waals surface area contributed by atoms with E-state index in [9.17, 15) is 19.2 Å². The molecule has 2 fully saturated rings. The Hall–Kier alpha value is -3.21. The molecule has 0 bridgehead atoms. The van der Waals surface area contributed by atoms with Crippen molar-refractivity contribution in [2.24, 2.45) is 11.8 Å². The summed E-state index contributed by atoms with van der Waals surface area (Å²) in [4.78, 5) is 50.4. The minimum Gasteiger partial charge on any atom is -0.454 e. The van der Waals surface area contributed by atoms with Crippen molar-refractivity contribution >= 4 is 29.4 Å². The Kier molecular flexibility index (Phi) is 6.27. The van der Waals surface area contributed by atoms with Crippen LogP contribution in [0.15, 0.2) is 24.3 Å². The van der Waals surface area contributed by atoms with Crippen LogP contribution in [0.3, 0.4) is 0 Å². The van der Waals surface area contributed by atoms with E-state index < -0.39 is 24.5 Å². The summed E-state index contributed by atoms with van der Waals surface area (Å²) >= 11 is 0. The second-order valence-electron chi connectivity index (χ2n) is 7.41. The number of nitrogens with one attached hydrogen (secondary N) is 1. The summed E-state index contributed by atoms with van der Waals surface area (Å²) in [5, 5.41) is 11.2. The monoisotopic (exact) mass is 397 g/mol. The molecule has 152 valence electrons. The van der Waals surface area contributed by atoms with E-state index in [1.165, 1.54) is 6.92 Å². The molecule has 1 aromatic carbocycles. The van der Waals surface area contributed by atoms with Gasteiger partial charge in [-0.15, -0.1) is 0 Å². The van der Waals surface area contributed by atoms with Gasteiger partial charge in [0.05, 0.1) is 24.3 Å². The predicted molar refractivity (Wildman–Crippen MR) is 102 cm³/mol. The number of nitriles is 1. The molecule has 0 unspecified atom stereocenters. The van der Waals surface area contributed by atoms with Crippen LogP contribution in [0.25, 0.3) is 0 Å². The van der Waals surface area contributed by atoms with Gasteiger partial charge >= 0.3 is 5.97 Å². The Morgan fingerprint density at radius 1 is 1.17 bits per heavy atom. The number of amides is 3. The van der Waals surface area contributed by atoms with Crippen LogP contribution in [0, 0.1) is 23.2 Å². The van der Waals surface area contributed by atoms with E-state index in [4.69, 9.17) is 10.00 Å². The molecule has 29 heavy (non-hydrogen) atoms. The average Bonchev–Trinajstić information content (AvgIpc) is 2.98. The minimum absolute atomic E-state index is 0.277. The lowest BCUT2D eigenvalue weighted by Crippen LogP contribution is -2.45. The maximum Gasteiger partial charge on any atom is 0.329 e. The molecule has 0 aromatic heterocycles. The van der Waals surface area contributed by atoms with Crippen LogP contribution in [-0.2, 0) is 30.3 Å². The molecule has 3 atom stereocenters. The fourth-order valence-corrected chi connectivity index (χ4v) is 3.93. The summed E-state index contributed by atoms with van der Waals surface area (Å²) in [5.41, 5.74) is 1.33. The van der Waals surface area contributed by atoms with Gasteiger partial charge in [-0.1, -0.05) is 25.0 Å². The molecule has 1 aliphatic heterocycles. The molecule has 0 radical (unpaired) electrons. The molecule has 1 saturated carbocycles. The van der Waals surface area contributed by atoms with Crippen molar-refractivity contribution < 1.29 is 23.9 Å². The third-order valence-electron chi connectivity index (χ3n) is 5.47. The number of likely N-dealkylation sites (tertiary alicyclic amines) is 1. The zero-order valence-corrected chi connectivity index (χ0v) is 16.2. The number of benzene rings is 1. The number of ether oxygens (including phenoxy) is 1. The fourth-order valence-electron chi connectivity index (χ4n) is 3.93. The van der Waals surface area contributed by atoms with Crippen molar-refractivity contribution in [2.75, 3.05) is 11.9 Å². The number of hydrogen-bond acceptors (Lipinski definition) is 6. The number of carbonyl (C=O) groups is 4. The number of hydrogen-bond donors (Lipinski definition) is 1. The predicted octanol–water partition coefficient (Wildman–Crippen LogP) is 1.80. The van der Waals surface area contributed by atoms with Gasteiger partial charge in [0.15, 0.2) is 6.61 Å². The van der Waals surface area contributed by atoms with Gasteiger partial charge in [-0.2, -0.15) is 5.26 Å². The van der Waals surface area contributed by atoms with Crippen molar-refractivity contribution in [2.45, 2.75) is 45.1 Å². The first kappa shape index (κ1) is 20.5. The van der Waals surface area contributed by atoms with Crippen LogP contribution in [0.4, 0.5) is 5.69 Å². The number of rotatable bonds is 6. The lowest BCUT2D eigenvalue weighted by atomic mass is 9.81. The standard InChI is InChI=1S/C21H23N3O5/c1-13(24-19(26)16-4-2-3-5-17(16)20(24)27)21(28)29-12-18(25)23-15-8-6-14(7-9-15)10-11-22/h6-9,13,16-17H,2-5,10,12H2,1H3,(H,23,25)/t13-,16-,17-/m0/s1. The minimum atomic E-state index is -1.06. The van der Waals surface area contributed by atoms with Gasteiger partial charge < -0.3 is 10.1 Å². The Morgan fingerprint density at radius 3 is 2.31 bits per heavy atom. The van der Waals surface area contributed by atoms with E-state index in [0.29, 0.717) is 18.5 Å². The number of esters is 1. The maximum absolute atomic E-state index is 12.5. The van der Waals surface area contributed by atoms with Gasteiger partial charge in [0.2, 0.25) is 11.8 Å². The molecule has 1 saturated heterocycles. The van der Waals surface area contributed by atoms with E-state index in [1.807, 2.05) is 6.07 Å². The van der Waals surface area contributed by atoms with Gasteiger partial charge in [0.1, 0.15) is 6.04 Å². The molecule has 0 spiro atoms. The Labute approximate surface area is 168 Å². The van der Waals surface area contributed by atoms with Crippen LogP contribution in [0.5, 0.6) is 0 Å². The highest BCUT2D eigenvalue weighted by atomic mass is 16.5. The SMILES string of the molecule is C[C@@H](C(=O)OCC(=O)Nc1ccc(CC#N)cc1)N1C(=O)[C@H]2CCCC[C@@H]2C1=O. The highest BCUT2D eigenvalue weighted by molar-refractivity contribution is 6.08. The number of carbonyl (C=O) groups excluding carboxylic acids is 4. The van der Waals surface area contributed by atoms with Crippen LogP contribution in [-0.4, -0.2) is 41.2 Å². The number of nitrogens with zero attached hydrogens (tertiary/aromatic N) is 2. The quantitative estimate of drug-likeness (QED) is 0.578. The Bertz CT molecular complexity index is 834. The van der Waals surface area contributed by atoms with Crippen molar-refractivity contribution in [3.63, 3.8) is 0 Å². The summed E-state index contributed by atoms with van der Waals surface area (Å²) in [6, 6.07) is 7.72. The van der Waals surface area contributed by atoms with Gasteiger partial charge in [0.25, 0.3) is 5.91 Å². The number of fused-ring (bicyclic) bond motifs is 1. The zero-order chi connectivity index (χ0) is 21.0. The summed E-state index contributed by atoms with van der Waals surface area (Å²) in [6.45, 7) is 0.924. The molecule has 2 aliphatic rings. The normalized spacial score (nSPS) is 21.9. The van der Waals surface area contributed by atoms with Crippen molar-refractivity contribution in [1.29, 1.82) is 5.26 Å². The largest absolute Gasteiger partial charge is 0.454 e. The van der Waals surface area contributed by atoms with Crippen LogP contribution >= 0.6 is 0 Å². The molecular formula is C21H23N3O5. The Morgan fingerprint density at radius 2 is 1.76 bits per heavy atom. The zero-order valence-electron chi connectivity index (χ0n) is 16.2. The first-order chi connectivity index (χ1) is 13.9. The van der Waals surface area contributed by atoms with E-state index in [1.54, 1.807) is 24.3 Å². The molecule has 1 aromatic rings. The molecule has 1 heterocycles. The maximum atomic E-state index is 12.5. The van der Waals surface area contributed by atoms with Crippen LogP contribution in [0.2, 0.25) is 0 Å². The summed E-state index contributed by atoms with van der Waals surface area (Å²) in [6.07, 6.45) is 3.43.